The minimum atomic E-state index is 0.469. The van der Waals surface area contributed by atoms with Crippen molar-refractivity contribution in [3.05, 3.63) is 33.9 Å². The number of fused-ring (bicyclic) bond motifs is 1. The maximum Gasteiger partial charge on any atom is 0.0927 e. The van der Waals surface area contributed by atoms with Crippen LogP contribution in [0.3, 0.4) is 0 Å². The van der Waals surface area contributed by atoms with Gasteiger partial charge in [0, 0.05) is 16.8 Å². The summed E-state index contributed by atoms with van der Waals surface area (Å²) in [4.78, 5) is 4.42. The lowest BCUT2D eigenvalue weighted by atomic mass is 10.1. The number of nitrogens with zero attached hydrogens (tertiary/aromatic N) is 1. The minimum Gasteiger partial charge on any atom is -0.398 e. The number of anilines is 1. The molecule has 0 aliphatic heterocycles. The van der Waals surface area contributed by atoms with Crippen molar-refractivity contribution in [1.29, 1.82) is 0 Å². The molecule has 0 aliphatic carbocycles. The van der Waals surface area contributed by atoms with Gasteiger partial charge in [0.15, 0.2) is 0 Å². The van der Waals surface area contributed by atoms with Crippen molar-refractivity contribution in [2.45, 2.75) is 13.3 Å². The zero-order chi connectivity index (χ0) is 11.0. The molecule has 15 heavy (non-hydrogen) atoms. The van der Waals surface area contributed by atoms with Crippen LogP contribution in [-0.4, -0.2) is 4.98 Å². The van der Waals surface area contributed by atoms with Gasteiger partial charge in [-0.05, 0) is 24.6 Å². The monoisotopic (exact) mass is 240 g/mol. The summed E-state index contributed by atoms with van der Waals surface area (Å²) in [7, 11) is 0. The van der Waals surface area contributed by atoms with Gasteiger partial charge in [-0.15, -0.1) is 0 Å². The van der Waals surface area contributed by atoms with Crippen molar-refractivity contribution in [2.24, 2.45) is 0 Å². The van der Waals surface area contributed by atoms with Crippen LogP contribution in [0.2, 0.25) is 10.0 Å². The smallest absolute Gasteiger partial charge is 0.0927 e. The maximum atomic E-state index is 6.08. The van der Waals surface area contributed by atoms with E-state index in [9.17, 15) is 0 Å². The van der Waals surface area contributed by atoms with Crippen molar-refractivity contribution in [3.8, 4) is 0 Å². The van der Waals surface area contributed by atoms with Crippen molar-refractivity contribution in [1.82, 2.24) is 4.98 Å². The van der Waals surface area contributed by atoms with E-state index >= 15 is 0 Å². The highest BCUT2D eigenvalue weighted by Gasteiger charge is 2.08. The number of pyridine rings is 1. The molecule has 2 aromatic rings. The first-order valence-electron chi connectivity index (χ1n) is 4.66. The van der Waals surface area contributed by atoms with Gasteiger partial charge in [0.05, 0.1) is 15.6 Å². The Morgan fingerprint density at radius 1 is 1.33 bits per heavy atom. The molecule has 1 heterocycles. The summed E-state index contributed by atoms with van der Waals surface area (Å²) in [6, 6.07) is 5.44. The first-order chi connectivity index (χ1) is 7.13. The van der Waals surface area contributed by atoms with Crippen LogP contribution in [-0.2, 0) is 6.42 Å². The quantitative estimate of drug-likeness (QED) is 0.826. The summed E-state index contributed by atoms with van der Waals surface area (Å²) >= 11 is 12.0. The van der Waals surface area contributed by atoms with Crippen LogP contribution >= 0.6 is 23.2 Å². The van der Waals surface area contributed by atoms with E-state index in [0.717, 1.165) is 17.5 Å². The predicted molar refractivity (Wildman–Crippen MR) is 65.6 cm³/mol. The molecule has 0 unspecified atom stereocenters. The Kier molecular flexibility index (Phi) is 2.72. The van der Waals surface area contributed by atoms with Gasteiger partial charge in [-0.1, -0.05) is 30.1 Å². The van der Waals surface area contributed by atoms with Gasteiger partial charge < -0.3 is 5.73 Å². The molecule has 1 aromatic carbocycles. The Balaban J connectivity index is 2.86. The number of aromatic nitrogens is 1. The molecule has 78 valence electrons. The van der Waals surface area contributed by atoms with Gasteiger partial charge in [0.1, 0.15) is 0 Å². The predicted octanol–water partition coefficient (Wildman–Crippen LogP) is 3.69. The van der Waals surface area contributed by atoms with E-state index in [0.29, 0.717) is 21.2 Å². The van der Waals surface area contributed by atoms with Gasteiger partial charge in [-0.25, -0.2) is 0 Å². The lowest BCUT2D eigenvalue weighted by Gasteiger charge is -2.07. The van der Waals surface area contributed by atoms with Gasteiger partial charge in [0.25, 0.3) is 0 Å². The van der Waals surface area contributed by atoms with Gasteiger partial charge in [-0.2, -0.15) is 0 Å². The summed E-state index contributed by atoms with van der Waals surface area (Å²) in [5, 5.41) is 1.82. The number of hydrogen-bond acceptors (Lipinski definition) is 2. The number of halogens is 2. The van der Waals surface area contributed by atoms with E-state index in [1.165, 1.54) is 0 Å². The van der Waals surface area contributed by atoms with Crippen LogP contribution in [0.15, 0.2) is 18.2 Å². The van der Waals surface area contributed by atoms with Crippen molar-refractivity contribution in [2.75, 3.05) is 5.73 Å². The third-order valence-corrected chi connectivity index (χ3v) is 3.11. The Morgan fingerprint density at radius 2 is 2.07 bits per heavy atom. The molecule has 0 radical (unpaired) electrons. The highest BCUT2D eigenvalue weighted by molar-refractivity contribution is 6.45. The molecular formula is C11H10Cl2N2. The van der Waals surface area contributed by atoms with Gasteiger partial charge >= 0.3 is 0 Å². The summed E-state index contributed by atoms with van der Waals surface area (Å²) < 4.78 is 0. The fraction of sp³-hybridized carbons (Fsp3) is 0.182. The lowest BCUT2D eigenvalue weighted by molar-refractivity contribution is 1.06. The summed E-state index contributed by atoms with van der Waals surface area (Å²) in [6.45, 7) is 2.02. The fourth-order valence-electron chi connectivity index (χ4n) is 1.50. The van der Waals surface area contributed by atoms with Crippen LogP contribution in [0, 0.1) is 0 Å². The molecule has 0 saturated heterocycles. The Labute approximate surface area is 98.0 Å². The first kappa shape index (κ1) is 10.5. The molecule has 4 heteroatoms. The second-order valence-corrected chi connectivity index (χ2v) is 4.10. The highest BCUT2D eigenvalue weighted by Crippen LogP contribution is 2.32. The van der Waals surface area contributed by atoms with Crippen LogP contribution in [0.25, 0.3) is 10.9 Å². The van der Waals surface area contributed by atoms with Crippen LogP contribution in [0.4, 0.5) is 5.69 Å². The number of nitrogens with two attached hydrogens (primary N) is 1. The molecule has 0 aliphatic rings. The number of rotatable bonds is 1. The van der Waals surface area contributed by atoms with Crippen LogP contribution in [0.5, 0.6) is 0 Å². The molecule has 0 amide bonds. The number of hydrogen-bond donors (Lipinski definition) is 1. The molecular weight excluding hydrogens is 231 g/mol. The summed E-state index contributed by atoms with van der Waals surface area (Å²) in [5.74, 6) is 0. The fourth-order valence-corrected chi connectivity index (χ4v) is 1.86. The molecule has 2 nitrogen and oxygen atoms in total. The van der Waals surface area contributed by atoms with E-state index in [1.54, 1.807) is 6.07 Å². The van der Waals surface area contributed by atoms with Gasteiger partial charge in [0.2, 0.25) is 0 Å². The van der Waals surface area contributed by atoms with Crippen LogP contribution in [0.1, 0.15) is 12.6 Å². The molecule has 1 aromatic heterocycles. The average Bonchev–Trinajstić information content (AvgIpc) is 2.23. The molecule has 0 fully saturated rings. The first-order valence-corrected chi connectivity index (χ1v) is 5.42. The third-order valence-electron chi connectivity index (χ3n) is 2.32. The third kappa shape index (κ3) is 1.75. The van der Waals surface area contributed by atoms with E-state index in [-0.39, 0.29) is 0 Å². The maximum absolute atomic E-state index is 6.08. The zero-order valence-corrected chi connectivity index (χ0v) is 9.73. The molecule has 0 spiro atoms. The largest absolute Gasteiger partial charge is 0.398 e. The van der Waals surface area contributed by atoms with E-state index < -0.39 is 0 Å². The van der Waals surface area contributed by atoms with Crippen molar-refractivity contribution < 1.29 is 0 Å². The SMILES string of the molecule is CCc1cc(N)c2ccc(Cl)c(Cl)c2n1. The minimum absolute atomic E-state index is 0.469. The van der Waals surface area contributed by atoms with E-state index in [1.807, 2.05) is 19.1 Å². The Hall–Kier alpha value is -0.990. The Bertz CT molecular complexity index is 523. The molecule has 0 atom stereocenters. The number of nitrogen functional groups attached to an aromatic ring is 1. The second kappa shape index (κ2) is 3.87. The lowest BCUT2D eigenvalue weighted by Crippen LogP contribution is -1.95. The summed E-state index contributed by atoms with van der Waals surface area (Å²) in [6.07, 6.45) is 0.822. The second-order valence-electron chi connectivity index (χ2n) is 3.31. The normalized spacial score (nSPS) is 10.9. The van der Waals surface area contributed by atoms with E-state index in [4.69, 9.17) is 28.9 Å². The van der Waals surface area contributed by atoms with Crippen molar-refractivity contribution >= 4 is 39.8 Å². The Morgan fingerprint density at radius 3 is 2.73 bits per heavy atom. The standard InChI is InChI=1S/C11H10Cl2N2/c1-2-6-5-9(14)7-3-4-8(12)10(13)11(7)15-6/h3-5H,2H2,1H3,(H2,14,15). The number of benzene rings is 1. The molecule has 2 rings (SSSR count). The summed E-state index contributed by atoms with van der Waals surface area (Å²) in [5.41, 5.74) is 8.20. The average molecular weight is 241 g/mol. The topological polar surface area (TPSA) is 38.9 Å². The molecule has 2 N–H and O–H groups in total. The number of aryl methyl sites for hydroxylation is 1. The highest BCUT2D eigenvalue weighted by atomic mass is 35.5. The molecule has 0 saturated carbocycles. The van der Waals surface area contributed by atoms with Gasteiger partial charge in [-0.3, -0.25) is 4.98 Å². The molecule has 0 bridgehead atoms. The van der Waals surface area contributed by atoms with Crippen LogP contribution < -0.4 is 5.73 Å². The van der Waals surface area contributed by atoms with Crippen molar-refractivity contribution in [3.63, 3.8) is 0 Å². The van der Waals surface area contributed by atoms with E-state index in [2.05, 4.69) is 4.98 Å². The zero-order valence-electron chi connectivity index (χ0n) is 8.22.